The SMILES string of the molecule is CCC1CCC(Oc2cc(CNC)ccc2[N+](=O)[O-])CC1. The van der Waals surface area contributed by atoms with Crippen LogP contribution in [0.15, 0.2) is 18.2 Å². The maximum atomic E-state index is 11.1. The lowest BCUT2D eigenvalue weighted by atomic mass is 9.86. The van der Waals surface area contributed by atoms with E-state index in [1.807, 2.05) is 7.05 Å². The summed E-state index contributed by atoms with van der Waals surface area (Å²) >= 11 is 0. The minimum absolute atomic E-state index is 0.0625. The van der Waals surface area contributed by atoms with Crippen molar-refractivity contribution in [3.05, 3.63) is 33.9 Å². The zero-order valence-electron chi connectivity index (χ0n) is 12.8. The standard InChI is InChI=1S/C16H24N2O3/c1-3-12-4-7-14(8-5-12)21-16-10-13(11-17-2)6-9-15(16)18(19)20/h6,9-10,12,14,17H,3-5,7-8,11H2,1-2H3. The number of nitrogens with one attached hydrogen (secondary N) is 1. The second-order valence-electron chi connectivity index (χ2n) is 5.76. The second kappa shape index (κ2) is 7.41. The van der Waals surface area contributed by atoms with E-state index in [4.69, 9.17) is 4.74 Å². The van der Waals surface area contributed by atoms with Gasteiger partial charge in [-0.05, 0) is 50.3 Å². The monoisotopic (exact) mass is 292 g/mol. The Morgan fingerprint density at radius 2 is 2.05 bits per heavy atom. The van der Waals surface area contributed by atoms with E-state index in [-0.39, 0.29) is 16.7 Å². The second-order valence-corrected chi connectivity index (χ2v) is 5.76. The van der Waals surface area contributed by atoms with Crippen molar-refractivity contribution in [2.24, 2.45) is 5.92 Å². The molecule has 2 rings (SSSR count). The van der Waals surface area contributed by atoms with Crippen LogP contribution in [0.5, 0.6) is 5.75 Å². The number of nitro benzene ring substituents is 1. The summed E-state index contributed by atoms with van der Waals surface area (Å²) in [6.45, 7) is 2.90. The molecule has 1 fully saturated rings. The molecule has 0 atom stereocenters. The van der Waals surface area contributed by atoms with E-state index in [0.717, 1.165) is 37.2 Å². The van der Waals surface area contributed by atoms with E-state index in [1.165, 1.54) is 6.42 Å². The molecule has 1 aromatic rings. The molecule has 21 heavy (non-hydrogen) atoms. The number of ether oxygens (including phenoxy) is 1. The highest BCUT2D eigenvalue weighted by Gasteiger charge is 2.24. The van der Waals surface area contributed by atoms with Gasteiger partial charge in [-0.1, -0.05) is 19.4 Å². The molecule has 5 heteroatoms. The Kier molecular flexibility index (Phi) is 5.56. The van der Waals surface area contributed by atoms with Crippen molar-refractivity contribution in [3.63, 3.8) is 0 Å². The summed E-state index contributed by atoms with van der Waals surface area (Å²) in [5.41, 5.74) is 1.06. The summed E-state index contributed by atoms with van der Waals surface area (Å²) in [6, 6.07) is 5.11. The predicted molar refractivity (Wildman–Crippen MR) is 82.5 cm³/mol. The van der Waals surface area contributed by atoms with Crippen molar-refractivity contribution in [3.8, 4) is 5.75 Å². The molecule has 1 aliphatic rings. The molecule has 0 aromatic heterocycles. The molecule has 0 spiro atoms. The van der Waals surface area contributed by atoms with Crippen molar-refractivity contribution < 1.29 is 9.66 Å². The summed E-state index contributed by atoms with van der Waals surface area (Å²) < 4.78 is 5.96. The summed E-state index contributed by atoms with van der Waals surface area (Å²) in [4.78, 5) is 10.8. The topological polar surface area (TPSA) is 64.4 Å². The van der Waals surface area contributed by atoms with Crippen LogP contribution in [0.2, 0.25) is 0 Å². The van der Waals surface area contributed by atoms with Gasteiger partial charge in [0.2, 0.25) is 0 Å². The lowest BCUT2D eigenvalue weighted by molar-refractivity contribution is -0.386. The Hall–Kier alpha value is -1.62. The van der Waals surface area contributed by atoms with E-state index in [9.17, 15) is 10.1 Å². The fourth-order valence-electron chi connectivity index (χ4n) is 2.96. The van der Waals surface area contributed by atoms with Crippen molar-refractivity contribution >= 4 is 5.69 Å². The van der Waals surface area contributed by atoms with E-state index in [1.54, 1.807) is 18.2 Å². The first-order valence-electron chi connectivity index (χ1n) is 7.72. The van der Waals surface area contributed by atoms with Crippen LogP contribution in [0.25, 0.3) is 0 Å². The molecule has 5 nitrogen and oxygen atoms in total. The van der Waals surface area contributed by atoms with Crippen LogP contribution in [0.3, 0.4) is 0 Å². The van der Waals surface area contributed by atoms with Crippen LogP contribution in [0, 0.1) is 16.0 Å². The first kappa shape index (κ1) is 15.8. The molecular formula is C16H24N2O3. The van der Waals surface area contributed by atoms with Crippen LogP contribution in [-0.4, -0.2) is 18.1 Å². The lowest BCUT2D eigenvalue weighted by Gasteiger charge is -2.28. The summed E-state index contributed by atoms with van der Waals surface area (Å²) in [5.74, 6) is 1.20. The molecule has 1 N–H and O–H groups in total. The van der Waals surface area contributed by atoms with Crippen molar-refractivity contribution in [1.29, 1.82) is 0 Å². The maximum absolute atomic E-state index is 11.1. The van der Waals surface area contributed by atoms with Gasteiger partial charge in [-0.25, -0.2) is 0 Å². The highest BCUT2D eigenvalue weighted by Crippen LogP contribution is 2.33. The highest BCUT2D eigenvalue weighted by atomic mass is 16.6. The zero-order chi connectivity index (χ0) is 15.2. The Bertz CT molecular complexity index is 482. The van der Waals surface area contributed by atoms with Gasteiger partial charge < -0.3 is 10.1 Å². The first-order valence-corrected chi connectivity index (χ1v) is 7.72. The normalized spacial score (nSPS) is 22.0. The van der Waals surface area contributed by atoms with Gasteiger partial charge in [0.25, 0.3) is 0 Å². The van der Waals surface area contributed by atoms with Crippen molar-refractivity contribution in [2.45, 2.75) is 51.7 Å². The minimum Gasteiger partial charge on any atom is -0.483 e. The van der Waals surface area contributed by atoms with Gasteiger partial charge in [-0.3, -0.25) is 10.1 Å². The molecule has 0 heterocycles. The third-order valence-electron chi connectivity index (χ3n) is 4.27. The summed E-state index contributed by atoms with van der Waals surface area (Å²) in [6.07, 6.45) is 5.62. The Morgan fingerprint density at radius 3 is 2.62 bits per heavy atom. The molecule has 0 saturated heterocycles. The van der Waals surface area contributed by atoms with Gasteiger partial charge in [0.1, 0.15) is 0 Å². The molecule has 1 aromatic carbocycles. The molecular weight excluding hydrogens is 268 g/mol. The first-order chi connectivity index (χ1) is 10.1. The summed E-state index contributed by atoms with van der Waals surface area (Å²) in [7, 11) is 1.86. The van der Waals surface area contributed by atoms with E-state index >= 15 is 0 Å². The summed E-state index contributed by atoms with van der Waals surface area (Å²) in [5, 5.41) is 14.2. The average Bonchev–Trinajstić information content (AvgIpc) is 2.48. The van der Waals surface area contributed by atoms with Gasteiger partial charge in [-0.15, -0.1) is 0 Å². The van der Waals surface area contributed by atoms with Gasteiger partial charge in [0.05, 0.1) is 11.0 Å². The Labute approximate surface area is 125 Å². The third-order valence-corrected chi connectivity index (χ3v) is 4.27. The maximum Gasteiger partial charge on any atom is 0.310 e. The average molecular weight is 292 g/mol. The number of nitrogens with zero attached hydrogens (tertiary/aromatic N) is 1. The van der Waals surface area contributed by atoms with Crippen LogP contribution >= 0.6 is 0 Å². The zero-order valence-corrected chi connectivity index (χ0v) is 12.8. The Balaban J connectivity index is 2.10. The van der Waals surface area contributed by atoms with Crippen LogP contribution in [-0.2, 0) is 6.54 Å². The van der Waals surface area contributed by atoms with E-state index in [2.05, 4.69) is 12.2 Å². The molecule has 0 aliphatic heterocycles. The van der Waals surface area contributed by atoms with Crippen LogP contribution in [0.1, 0.15) is 44.6 Å². The minimum atomic E-state index is -0.365. The van der Waals surface area contributed by atoms with Crippen molar-refractivity contribution in [2.75, 3.05) is 7.05 Å². The number of nitro groups is 1. The van der Waals surface area contributed by atoms with Gasteiger partial charge in [-0.2, -0.15) is 0 Å². The molecule has 116 valence electrons. The van der Waals surface area contributed by atoms with E-state index < -0.39 is 0 Å². The lowest BCUT2D eigenvalue weighted by Crippen LogP contribution is -2.24. The molecule has 0 unspecified atom stereocenters. The van der Waals surface area contributed by atoms with E-state index in [0.29, 0.717) is 12.3 Å². The van der Waals surface area contributed by atoms with Crippen LogP contribution in [0.4, 0.5) is 5.69 Å². The predicted octanol–water partition coefficient (Wildman–Crippen LogP) is 3.66. The van der Waals surface area contributed by atoms with Gasteiger partial charge >= 0.3 is 5.69 Å². The largest absolute Gasteiger partial charge is 0.483 e. The third kappa shape index (κ3) is 4.17. The van der Waals surface area contributed by atoms with Gasteiger partial charge in [0, 0.05) is 12.6 Å². The smallest absolute Gasteiger partial charge is 0.310 e. The van der Waals surface area contributed by atoms with Gasteiger partial charge in [0.15, 0.2) is 5.75 Å². The number of hydrogen-bond donors (Lipinski definition) is 1. The number of hydrogen-bond acceptors (Lipinski definition) is 4. The highest BCUT2D eigenvalue weighted by molar-refractivity contribution is 5.48. The molecule has 1 aliphatic carbocycles. The number of rotatable bonds is 6. The molecule has 0 bridgehead atoms. The Morgan fingerprint density at radius 1 is 1.33 bits per heavy atom. The fourth-order valence-corrected chi connectivity index (χ4v) is 2.96. The quantitative estimate of drug-likeness (QED) is 0.642. The number of benzene rings is 1. The van der Waals surface area contributed by atoms with Crippen molar-refractivity contribution in [1.82, 2.24) is 5.32 Å². The van der Waals surface area contributed by atoms with Crippen LogP contribution < -0.4 is 10.1 Å². The fraction of sp³-hybridized carbons (Fsp3) is 0.625. The molecule has 1 saturated carbocycles. The molecule has 0 radical (unpaired) electrons. The molecule has 0 amide bonds.